The molecule has 0 bridgehead atoms. The van der Waals surface area contributed by atoms with Crippen molar-refractivity contribution in [1.82, 2.24) is 19.9 Å². The standard InChI is InChI=1S/C13H17N5O2/c14-13(5-8-20-9-13)12(19)15-6-4-11-17-16-10-3-1-2-7-18(10)11/h1-3,7H,4-6,8-9,14H2,(H,15,19). The SMILES string of the molecule is NC1(C(=O)NCCc2nnc3ccccn23)CCOC1. The van der Waals surface area contributed by atoms with E-state index in [1.54, 1.807) is 0 Å². The first-order valence-corrected chi connectivity index (χ1v) is 6.63. The van der Waals surface area contributed by atoms with Gasteiger partial charge in [-0.3, -0.25) is 9.20 Å². The van der Waals surface area contributed by atoms with Gasteiger partial charge in [0.2, 0.25) is 5.91 Å². The highest BCUT2D eigenvalue weighted by molar-refractivity contribution is 5.86. The first-order valence-electron chi connectivity index (χ1n) is 6.63. The number of fused-ring (bicyclic) bond motifs is 1. The number of nitrogens with zero attached hydrogens (tertiary/aromatic N) is 3. The van der Waals surface area contributed by atoms with Crippen LogP contribution in [0, 0.1) is 0 Å². The summed E-state index contributed by atoms with van der Waals surface area (Å²) in [7, 11) is 0. The summed E-state index contributed by atoms with van der Waals surface area (Å²) in [6, 6.07) is 5.72. The van der Waals surface area contributed by atoms with Gasteiger partial charge in [0.25, 0.3) is 0 Å². The summed E-state index contributed by atoms with van der Waals surface area (Å²) in [5.41, 5.74) is 5.90. The summed E-state index contributed by atoms with van der Waals surface area (Å²) >= 11 is 0. The molecule has 1 fully saturated rings. The molecule has 3 N–H and O–H groups in total. The molecule has 0 radical (unpaired) electrons. The molecule has 1 unspecified atom stereocenters. The predicted octanol–water partition coefficient (Wildman–Crippen LogP) is -0.494. The lowest BCUT2D eigenvalue weighted by Gasteiger charge is -2.20. The van der Waals surface area contributed by atoms with Crippen LogP contribution in [0.1, 0.15) is 12.2 Å². The minimum absolute atomic E-state index is 0.163. The summed E-state index contributed by atoms with van der Waals surface area (Å²) in [6.45, 7) is 1.30. The highest BCUT2D eigenvalue weighted by atomic mass is 16.5. The highest BCUT2D eigenvalue weighted by Crippen LogP contribution is 2.15. The zero-order valence-electron chi connectivity index (χ0n) is 11.1. The molecule has 0 aromatic carbocycles. The molecule has 1 saturated heterocycles. The number of carbonyl (C=O) groups is 1. The maximum absolute atomic E-state index is 12.0. The van der Waals surface area contributed by atoms with Crippen molar-refractivity contribution in [3.63, 3.8) is 0 Å². The monoisotopic (exact) mass is 275 g/mol. The van der Waals surface area contributed by atoms with Crippen molar-refractivity contribution in [2.24, 2.45) is 5.73 Å². The Hall–Kier alpha value is -1.99. The number of hydrogen-bond donors (Lipinski definition) is 2. The zero-order valence-corrected chi connectivity index (χ0v) is 11.1. The lowest BCUT2D eigenvalue weighted by atomic mass is 9.99. The number of nitrogens with two attached hydrogens (primary N) is 1. The maximum atomic E-state index is 12.0. The lowest BCUT2D eigenvalue weighted by molar-refractivity contribution is -0.126. The van der Waals surface area contributed by atoms with Crippen molar-refractivity contribution < 1.29 is 9.53 Å². The molecule has 1 aliphatic rings. The van der Waals surface area contributed by atoms with Crippen molar-refractivity contribution >= 4 is 11.6 Å². The average Bonchev–Trinajstić information content (AvgIpc) is 3.07. The Morgan fingerprint density at radius 1 is 1.50 bits per heavy atom. The Morgan fingerprint density at radius 2 is 2.40 bits per heavy atom. The van der Waals surface area contributed by atoms with E-state index in [2.05, 4.69) is 15.5 Å². The van der Waals surface area contributed by atoms with E-state index in [1.807, 2.05) is 28.8 Å². The van der Waals surface area contributed by atoms with Gasteiger partial charge in [-0.1, -0.05) is 6.07 Å². The summed E-state index contributed by atoms with van der Waals surface area (Å²) in [6.07, 6.45) is 3.07. The summed E-state index contributed by atoms with van der Waals surface area (Å²) in [4.78, 5) is 12.0. The predicted molar refractivity (Wildman–Crippen MR) is 72.1 cm³/mol. The van der Waals surface area contributed by atoms with Gasteiger partial charge in [0.1, 0.15) is 11.4 Å². The van der Waals surface area contributed by atoms with E-state index >= 15 is 0 Å². The molecule has 3 heterocycles. The van der Waals surface area contributed by atoms with Gasteiger partial charge >= 0.3 is 0 Å². The molecule has 1 aliphatic heterocycles. The minimum Gasteiger partial charge on any atom is -0.379 e. The Bertz CT molecular complexity index is 618. The van der Waals surface area contributed by atoms with Crippen LogP contribution in [0.2, 0.25) is 0 Å². The molecular formula is C13H17N5O2. The molecular weight excluding hydrogens is 258 g/mol. The molecule has 2 aromatic heterocycles. The first-order chi connectivity index (χ1) is 9.69. The molecule has 20 heavy (non-hydrogen) atoms. The van der Waals surface area contributed by atoms with Gasteiger partial charge < -0.3 is 15.8 Å². The van der Waals surface area contributed by atoms with Gasteiger partial charge in [-0.2, -0.15) is 0 Å². The summed E-state index contributed by atoms with van der Waals surface area (Å²) in [5, 5.41) is 11.0. The van der Waals surface area contributed by atoms with Crippen LogP contribution in [-0.4, -0.2) is 45.8 Å². The Balaban J connectivity index is 1.59. The van der Waals surface area contributed by atoms with E-state index in [0.29, 0.717) is 26.0 Å². The van der Waals surface area contributed by atoms with Gasteiger partial charge in [0.15, 0.2) is 5.65 Å². The third-order valence-corrected chi connectivity index (χ3v) is 3.52. The lowest BCUT2D eigenvalue weighted by Crippen LogP contribution is -2.54. The maximum Gasteiger partial charge on any atom is 0.242 e. The number of rotatable bonds is 4. The van der Waals surface area contributed by atoms with Crippen molar-refractivity contribution in [2.45, 2.75) is 18.4 Å². The molecule has 3 rings (SSSR count). The van der Waals surface area contributed by atoms with Crippen LogP contribution >= 0.6 is 0 Å². The fourth-order valence-electron chi connectivity index (χ4n) is 2.29. The minimum atomic E-state index is -0.882. The van der Waals surface area contributed by atoms with Crippen molar-refractivity contribution in [1.29, 1.82) is 0 Å². The van der Waals surface area contributed by atoms with E-state index in [9.17, 15) is 4.79 Å². The number of nitrogens with one attached hydrogen (secondary N) is 1. The van der Waals surface area contributed by atoms with Crippen LogP contribution in [-0.2, 0) is 16.0 Å². The number of amides is 1. The highest BCUT2D eigenvalue weighted by Gasteiger charge is 2.37. The molecule has 0 aliphatic carbocycles. The van der Waals surface area contributed by atoms with Gasteiger partial charge in [-0.05, 0) is 18.6 Å². The van der Waals surface area contributed by atoms with Gasteiger partial charge in [-0.15, -0.1) is 10.2 Å². The Kier molecular flexibility index (Phi) is 3.37. The van der Waals surface area contributed by atoms with Crippen molar-refractivity contribution in [2.75, 3.05) is 19.8 Å². The largest absolute Gasteiger partial charge is 0.379 e. The Labute approximate surface area is 116 Å². The van der Waals surface area contributed by atoms with E-state index in [-0.39, 0.29) is 12.5 Å². The van der Waals surface area contributed by atoms with Crippen LogP contribution in [0.25, 0.3) is 5.65 Å². The van der Waals surface area contributed by atoms with Gasteiger partial charge in [0.05, 0.1) is 6.61 Å². The van der Waals surface area contributed by atoms with E-state index in [1.165, 1.54) is 0 Å². The number of carbonyl (C=O) groups excluding carboxylic acids is 1. The molecule has 7 heteroatoms. The van der Waals surface area contributed by atoms with Crippen molar-refractivity contribution in [3.05, 3.63) is 30.2 Å². The Morgan fingerprint density at radius 3 is 3.20 bits per heavy atom. The smallest absolute Gasteiger partial charge is 0.242 e. The number of pyridine rings is 1. The van der Waals surface area contributed by atoms with Crippen LogP contribution in [0.3, 0.4) is 0 Å². The van der Waals surface area contributed by atoms with Gasteiger partial charge in [0, 0.05) is 25.8 Å². The molecule has 0 saturated carbocycles. The molecule has 1 amide bonds. The topological polar surface area (TPSA) is 94.5 Å². The quantitative estimate of drug-likeness (QED) is 0.785. The van der Waals surface area contributed by atoms with Crippen LogP contribution in [0.5, 0.6) is 0 Å². The fraction of sp³-hybridized carbons (Fsp3) is 0.462. The second-order valence-corrected chi connectivity index (χ2v) is 5.01. The number of ether oxygens (including phenoxy) is 1. The average molecular weight is 275 g/mol. The van der Waals surface area contributed by atoms with Crippen LogP contribution < -0.4 is 11.1 Å². The van der Waals surface area contributed by atoms with Crippen molar-refractivity contribution in [3.8, 4) is 0 Å². The van der Waals surface area contributed by atoms with E-state index in [0.717, 1.165) is 11.5 Å². The zero-order chi connectivity index (χ0) is 14.0. The molecule has 7 nitrogen and oxygen atoms in total. The summed E-state index contributed by atoms with van der Waals surface area (Å²) < 4.78 is 7.08. The third-order valence-electron chi connectivity index (χ3n) is 3.52. The van der Waals surface area contributed by atoms with E-state index < -0.39 is 5.54 Å². The third kappa shape index (κ3) is 2.37. The molecule has 2 aromatic rings. The second-order valence-electron chi connectivity index (χ2n) is 5.01. The molecule has 1 atom stereocenters. The summed E-state index contributed by atoms with van der Waals surface area (Å²) in [5.74, 6) is 0.651. The van der Waals surface area contributed by atoms with Gasteiger partial charge in [-0.25, -0.2) is 0 Å². The second kappa shape index (κ2) is 5.18. The molecule has 106 valence electrons. The first kappa shape index (κ1) is 13.0. The molecule has 0 spiro atoms. The van der Waals surface area contributed by atoms with Crippen LogP contribution in [0.4, 0.5) is 0 Å². The normalized spacial score (nSPS) is 22.2. The van der Waals surface area contributed by atoms with E-state index in [4.69, 9.17) is 10.5 Å². The number of aromatic nitrogens is 3. The fourth-order valence-corrected chi connectivity index (χ4v) is 2.29. The van der Waals surface area contributed by atoms with Crippen LogP contribution in [0.15, 0.2) is 24.4 Å². The number of hydrogen-bond acceptors (Lipinski definition) is 5.